The lowest BCUT2D eigenvalue weighted by atomic mass is 10.2. The van der Waals surface area contributed by atoms with Crippen molar-refractivity contribution in [1.82, 2.24) is 14.7 Å². The van der Waals surface area contributed by atoms with Gasteiger partial charge >= 0.3 is 0 Å². The fourth-order valence-corrected chi connectivity index (χ4v) is 2.28. The SMILES string of the molecule is COc1cccc(C(=O)NCCc2cn3ccccc3n2)c1. The number of ether oxygens (including phenoxy) is 1. The Bertz CT molecular complexity index is 762. The van der Waals surface area contributed by atoms with Crippen molar-refractivity contribution < 1.29 is 9.53 Å². The lowest BCUT2D eigenvalue weighted by Crippen LogP contribution is -2.25. The van der Waals surface area contributed by atoms with Gasteiger partial charge < -0.3 is 14.5 Å². The third-order valence-corrected chi connectivity index (χ3v) is 3.41. The number of hydrogen-bond acceptors (Lipinski definition) is 3. The van der Waals surface area contributed by atoms with Crippen LogP contribution in [0.15, 0.2) is 54.9 Å². The predicted molar refractivity (Wildman–Crippen MR) is 84.2 cm³/mol. The van der Waals surface area contributed by atoms with Gasteiger partial charge in [0.15, 0.2) is 0 Å². The van der Waals surface area contributed by atoms with Gasteiger partial charge in [0.1, 0.15) is 11.4 Å². The summed E-state index contributed by atoms with van der Waals surface area (Å²) in [7, 11) is 1.58. The molecule has 5 nitrogen and oxygen atoms in total. The van der Waals surface area contributed by atoms with Gasteiger partial charge in [-0.25, -0.2) is 4.98 Å². The van der Waals surface area contributed by atoms with E-state index in [1.165, 1.54) is 0 Å². The third kappa shape index (κ3) is 3.09. The molecule has 1 amide bonds. The highest BCUT2D eigenvalue weighted by Crippen LogP contribution is 2.12. The van der Waals surface area contributed by atoms with Crippen molar-refractivity contribution in [2.75, 3.05) is 13.7 Å². The van der Waals surface area contributed by atoms with Gasteiger partial charge in [0.2, 0.25) is 0 Å². The number of methoxy groups -OCH3 is 1. The molecule has 0 aliphatic rings. The molecule has 1 aromatic carbocycles. The number of imidazole rings is 1. The second-order valence-electron chi connectivity index (χ2n) is 4.94. The molecule has 0 bridgehead atoms. The number of benzene rings is 1. The zero-order chi connectivity index (χ0) is 15.4. The van der Waals surface area contributed by atoms with Gasteiger partial charge in [0, 0.05) is 30.9 Å². The van der Waals surface area contributed by atoms with Crippen molar-refractivity contribution >= 4 is 11.6 Å². The predicted octanol–water partition coefficient (Wildman–Crippen LogP) is 2.32. The van der Waals surface area contributed by atoms with Crippen molar-refractivity contribution in [2.24, 2.45) is 0 Å². The van der Waals surface area contributed by atoms with E-state index in [0.717, 1.165) is 11.3 Å². The van der Waals surface area contributed by atoms with Gasteiger partial charge in [0.05, 0.1) is 12.8 Å². The second-order valence-corrected chi connectivity index (χ2v) is 4.94. The maximum absolute atomic E-state index is 12.1. The molecule has 5 heteroatoms. The first-order valence-corrected chi connectivity index (χ1v) is 7.11. The topological polar surface area (TPSA) is 55.6 Å². The van der Waals surface area contributed by atoms with Gasteiger partial charge in [-0.05, 0) is 30.3 Å². The largest absolute Gasteiger partial charge is 0.497 e. The molecule has 0 unspecified atom stereocenters. The van der Waals surface area contributed by atoms with Crippen molar-refractivity contribution in [3.05, 3.63) is 66.1 Å². The van der Waals surface area contributed by atoms with E-state index < -0.39 is 0 Å². The Morgan fingerprint density at radius 3 is 3.00 bits per heavy atom. The molecular weight excluding hydrogens is 278 g/mol. The van der Waals surface area contributed by atoms with Crippen molar-refractivity contribution in [3.63, 3.8) is 0 Å². The Hall–Kier alpha value is -2.82. The molecule has 112 valence electrons. The smallest absolute Gasteiger partial charge is 0.251 e. The summed E-state index contributed by atoms with van der Waals surface area (Å²) < 4.78 is 7.09. The van der Waals surface area contributed by atoms with Crippen molar-refractivity contribution in [2.45, 2.75) is 6.42 Å². The van der Waals surface area contributed by atoms with Crippen LogP contribution >= 0.6 is 0 Å². The summed E-state index contributed by atoms with van der Waals surface area (Å²) in [5.74, 6) is 0.565. The van der Waals surface area contributed by atoms with Gasteiger partial charge in [-0.3, -0.25) is 4.79 Å². The third-order valence-electron chi connectivity index (χ3n) is 3.41. The molecule has 0 aliphatic heterocycles. The molecular formula is C17H17N3O2. The number of hydrogen-bond donors (Lipinski definition) is 1. The number of fused-ring (bicyclic) bond motifs is 1. The number of pyridine rings is 1. The monoisotopic (exact) mass is 295 g/mol. The van der Waals surface area contributed by atoms with E-state index in [1.54, 1.807) is 25.3 Å². The number of amides is 1. The van der Waals surface area contributed by atoms with Crippen LogP contribution in [0.3, 0.4) is 0 Å². The van der Waals surface area contributed by atoms with Crippen LogP contribution in [-0.2, 0) is 6.42 Å². The average Bonchev–Trinajstić information content (AvgIpc) is 2.97. The van der Waals surface area contributed by atoms with Gasteiger partial charge in [-0.2, -0.15) is 0 Å². The molecule has 3 rings (SSSR count). The highest BCUT2D eigenvalue weighted by atomic mass is 16.5. The number of carbonyl (C=O) groups is 1. The first-order valence-electron chi connectivity index (χ1n) is 7.11. The Morgan fingerprint density at radius 2 is 2.18 bits per heavy atom. The summed E-state index contributed by atoms with van der Waals surface area (Å²) in [5, 5.41) is 2.90. The van der Waals surface area contributed by atoms with Crippen LogP contribution in [0.1, 0.15) is 16.1 Å². The summed E-state index contributed by atoms with van der Waals surface area (Å²) in [6.45, 7) is 0.542. The van der Waals surface area contributed by atoms with Crippen molar-refractivity contribution in [3.8, 4) is 5.75 Å². The van der Waals surface area contributed by atoms with E-state index in [1.807, 2.05) is 41.1 Å². The molecule has 0 saturated heterocycles. The van der Waals surface area contributed by atoms with Gasteiger partial charge in [0.25, 0.3) is 5.91 Å². The summed E-state index contributed by atoms with van der Waals surface area (Å²) in [5.41, 5.74) is 2.46. The molecule has 1 N–H and O–H groups in total. The highest BCUT2D eigenvalue weighted by molar-refractivity contribution is 5.94. The Labute approximate surface area is 128 Å². The first-order chi connectivity index (χ1) is 10.8. The lowest BCUT2D eigenvalue weighted by Gasteiger charge is -2.05. The number of rotatable bonds is 5. The van der Waals surface area contributed by atoms with E-state index in [-0.39, 0.29) is 5.91 Å². The minimum absolute atomic E-state index is 0.109. The van der Waals surface area contributed by atoms with Crippen LogP contribution in [0.4, 0.5) is 0 Å². The highest BCUT2D eigenvalue weighted by Gasteiger charge is 2.07. The van der Waals surface area contributed by atoms with Crippen LogP contribution in [0, 0.1) is 0 Å². The van der Waals surface area contributed by atoms with Crippen LogP contribution in [0.25, 0.3) is 5.65 Å². The summed E-state index contributed by atoms with van der Waals surface area (Å²) >= 11 is 0. The van der Waals surface area contributed by atoms with Crippen LogP contribution in [0.2, 0.25) is 0 Å². The zero-order valence-electron chi connectivity index (χ0n) is 12.3. The van der Waals surface area contributed by atoms with Gasteiger partial charge in [-0.15, -0.1) is 0 Å². The fraction of sp³-hybridized carbons (Fsp3) is 0.176. The standard InChI is InChI=1S/C17H17N3O2/c1-22-15-6-4-5-13(11-15)17(21)18-9-8-14-12-20-10-3-2-7-16(20)19-14/h2-7,10-12H,8-9H2,1H3,(H,18,21). The number of nitrogens with one attached hydrogen (secondary N) is 1. The van der Waals surface area contributed by atoms with Gasteiger partial charge in [-0.1, -0.05) is 12.1 Å². The molecule has 0 radical (unpaired) electrons. The summed E-state index contributed by atoms with van der Waals surface area (Å²) in [6.07, 6.45) is 4.63. The molecule has 0 atom stereocenters. The quantitative estimate of drug-likeness (QED) is 0.786. The van der Waals surface area contributed by atoms with Crippen molar-refractivity contribution in [1.29, 1.82) is 0 Å². The van der Waals surface area contributed by atoms with Crippen LogP contribution in [0.5, 0.6) is 5.75 Å². The molecule has 2 heterocycles. The number of aromatic nitrogens is 2. The molecule has 22 heavy (non-hydrogen) atoms. The minimum Gasteiger partial charge on any atom is -0.497 e. The first kappa shape index (κ1) is 14.1. The average molecular weight is 295 g/mol. The summed E-state index contributed by atoms with van der Waals surface area (Å²) in [4.78, 5) is 16.6. The Morgan fingerprint density at radius 1 is 1.27 bits per heavy atom. The Kier molecular flexibility index (Phi) is 4.05. The fourth-order valence-electron chi connectivity index (χ4n) is 2.28. The van der Waals surface area contributed by atoms with E-state index in [2.05, 4.69) is 10.3 Å². The molecule has 3 aromatic rings. The molecule has 0 saturated carbocycles. The zero-order valence-corrected chi connectivity index (χ0v) is 12.3. The normalized spacial score (nSPS) is 10.6. The molecule has 2 aromatic heterocycles. The van der Waals surface area contributed by atoms with E-state index in [9.17, 15) is 4.79 Å². The minimum atomic E-state index is -0.109. The number of nitrogens with zero attached hydrogens (tertiary/aromatic N) is 2. The lowest BCUT2D eigenvalue weighted by molar-refractivity contribution is 0.0953. The van der Waals surface area contributed by atoms with Crippen LogP contribution in [-0.4, -0.2) is 28.9 Å². The molecule has 0 fully saturated rings. The second kappa shape index (κ2) is 6.30. The van der Waals surface area contributed by atoms with E-state index in [0.29, 0.717) is 24.3 Å². The maximum atomic E-state index is 12.1. The molecule has 0 spiro atoms. The summed E-state index contributed by atoms with van der Waals surface area (Å²) in [6, 6.07) is 13.0. The van der Waals surface area contributed by atoms with E-state index in [4.69, 9.17) is 4.74 Å². The Balaban J connectivity index is 1.59. The molecule has 0 aliphatic carbocycles. The van der Waals surface area contributed by atoms with Crippen LogP contribution < -0.4 is 10.1 Å². The van der Waals surface area contributed by atoms with E-state index >= 15 is 0 Å². The maximum Gasteiger partial charge on any atom is 0.251 e. The number of carbonyl (C=O) groups excluding carboxylic acids is 1.